The van der Waals surface area contributed by atoms with Crippen LogP contribution in [0.25, 0.3) is 0 Å². The number of aromatic nitrogens is 1. The summed E-state index contributed by atoms with van der Waals surface area (Å²) in [7, 11) is 2.03. The quantitative estimate of drug-likeness (QED) is 0.815. The first kappa shape index (κ1) is 18.9. The summed E-state index contributed by atoms with van der Waals surface area (Å²) in [5.74, 6) is -0.229. The molecule has 2 aliphatic heterocycles. The maximum Gasteiger partial charge on any atom is 0.272 e. The molecule has 0 radical (unpaired) electrons. The minimum Gasteiger partial charge on any atom is -0.373 e. The normalized spacial score (nSPS) is 21.1. The van der Waals surface area contributed by atoms with E-state index in [1.165, 1.54) is 12.1 Å². The molecule has 1 amide bonds. The van der Waals surface area contributed by atoms with Gasteiger partial charge in [0.25, 0.3) is 5.91 Å². The SMILES string of the molecule is Cc1cccc(C(=O)N2CCC3(CC2)CC(N(C)c2ccc(F)cc2)CO3)n1. The van der Waals surface area contributed by atoms with Crippen molar-refractivity contribution in [3.05, 3.63) is 59.7 Å². The molecule has 1 atom stereocenters. The molecular formula is C22H26FN3O2. The highest BCUT2D eigenvalue weighted by molar-refractivity contribution is 5.92. The summed E-state index contributed by atoms with van der Waals surface area (Å²) in [6.45, 7) is 3.91. The lowest BCUT2D eigenvalue weighted by atomic mass is 9.87. The summed E-state index contributed by atoms with van der Waals surface area (Å²) < 4.78 is 19.4. The molecule has 1 unspecified atom stereocenters. The van der Waals surface area contributed by atoms with Gasteiger partial charge in [0.1, 0.15) is 11.5 Å². The third kappa shape index (κ3) is 3.74. The predicted molar refractivity (Wildman–Crippen MR) is 106 cm³/mol. The summed E-state index contributed by atoms with van der Waals surface area (Å²) in [6.07, 6.45) is 2.59. The number of aryl methyl sites for hydroxylation is 1. The van der Waals surface area contributed by atoms with Crippen molar-refractivity contribution < 1.29 is 13.9 Å². The van der Waals surface area contributed by atoms with E-state index in [-0.39, 0.29) is 23.4 Å². The highest BCUT2D eigenvalue weighted by Gasteiger charge is 2.44. The Morgan fingerprint density at radius 2 is 1.93 bits per heavy atom. The molecule has 6 heteroatoms. The highest BCUT2D eigenvalue weighted by Crippen LogP contribution is 2.38. The largest absolute Gasteiger partial charge is 0.373 e. The number of ether oxygens (including phenoxy) is 1. The van der Waals surface area contributed by atoms with Gasteiger partial charge >= 0.3 is 0 Å². The fourth-order valence-electron chi connectivity index (χ4n) is 4.25. The maximum atomic E-state index is 13.2. The van der Waals surface area contributed by atoms with E-state index < -0.39 is 0 Å². The Balaban J connectivity index is 1.37. The zero-order chi connectivity index (χ0) is 19.7. The van der Waals surface area contributed by atoms with Crippen LogP contribution in [0.2, 0.25) is 0 Å². The van der Waals surface area contributed by atoms with Crippen molar-refractivity contribution in [3.63, 3.8) is 0 Å². The van der Waals surface area contributed by atoms with E-state index in [1.54, 1.807) is 18.2 Å². The number of halogens is 1. The summed E-state index contributed by atoms with van der Waals surface area (Å²) >= 11 is 0. The van der Waals surface area contributed by atoms with Crippen molar-refractivity contribution in [1.82, 2.24) is 9.88 Å². The third-order valence-corrected chi connectivity index (χ3v) is 6.04. The molecule has 5 nitrogen and oxygen atoms in total. The van der Waals surface area contributed by atoms with E-state index >= 15 is 0 Å². The second-order valence-corrected chi connectivity index (χ2v) is 7.90. The Labute approximate surface area is 165 Å². The number of hydrogen-bond donors (Lipinski definition) is 0. The number of benzene rings is 1. The minimum atomic E-state index is -0.226. The number of carbonyl (C=O) groups is 1. The van der Waals surface area contributed by atoms with Crippen LogP contribution in [0, 0.1) is 12.7 Å². The summed E-state index contributed by atoms with van der Waals surface area (Å²) in [5, 5.41) is 0. The fourth-order valence-corrected chi connectivity index (χ4v) is 4.25. The molecule has 0 saturated carbocycles. The van der Waals surface area contributed by atoms with Gasteiger partial charge in [0, 0.05) is 31.5 Å². The molecule has 2 saturated heterocycles. The zero-order valence-corrected chi connectivity index (χ0v) is 16.4. The molecule has 28 heavy (non-hydrogen) atoms. The van der Waals surface area contributed by atoms with Gasteiger partial charge in [-0.1, -0.05) is 6.07 Å². The minimum absolute atomic E-state index is 0.00322. The van der Waals surface area contributed by atoms with Crippen molar-refractivity contribution in [2.75, 3.05) is 31.6 Å². The van der Waals surface area contributed by atoms with Crippen molar-refractivity contribution in [3.8, 4) is 0 Å². The lowest BCUT2D eigenvalue weighted by molar-refractivity contribution is -0.0389. The van der Waals surface area contributed by atoms with E-state index in [9.17, 15) is 9.18 Å². The number of carbonyl (C=O) groups excluding carboxylic acids is 1. The van der Waals surface area contributed by atoms with Gasteiger partial charge in [-0.3, -0.25) is 4.79 Å². The van der Waals surface area contributed by atoms with Gasteiger partial charge in [0.15, 0.2) is 0 Å². The van der Waals surface area contributed by atoms with Crippen LogP contribution in [-0.2, 0) is 4.74 Å². The van der Waals surface area contributed by atoms with E-state index in [1.807, 2.05) is 31.0 Å². The first-order valence-corrected chi connectivity index (χ1v) is 9.81. The topological polar surface area (TPSA) is 45.7 Å². The molecule has 2 fully saturated rings. The number of likely N-dealkylation sites (N-methyl/N-ethyl adjacent to an activating group) is 1. The summed E-state index contributed by atoms with van der Waals surface area (Å²) in [4.78, 5) is 21.1. The Hall–Kier alpha value is -2.47. The van der Waals surface area contributed by atoms with Gasteiger partial charge in [-0.2, -0.15) is 0 Å². The molecule has 2 aliphatic rings. The van der Waals surface area contributed by atoms with Gasteiger partial charge in [-0.05, 0) is 62.6 Å². The lowest BCUT2D eigenvalue weighted by Gasteiger charge is -2.39. The molecular weight excluding hydrogens is 357 g/mol. The number of likely N-dealkylation sites (tertiary alicyclic amines) is 1. The molecule has 0 aliphatic carbocycles. The second-order valence-electron chi connectivity index (χ2n) is 7.90. The molecule has 0 bridgehead atoms. The van der Waals surface area contributed by atoms with Crippen LogP contribution in [0.3, 0.4) is 0 Å². The predicted octanol–water partition coefficient (Wildman–Crippen LogP) is 3.43. The van der Waals surface area contributed by atoms with Crippen molar-refractivity contribution in [2.45, 2.75) is 37.8 Å². The van der Waals surface area contributed by atoms with Crippen LogP contribution < -0.4 is 4.90 Å². The highest BCUT2D eigenvalue weighted by atomic mass is 19.1. The van der Waals surface area contributed by atoms with Crippen LogP contribution in [0.4, 0.5) is 10.1 Å². The van der Waals surface area contributed by atoms with Crippen LogP contribution >= 0.6 is 0 Å². The Kier molecular flexibility index (Phi) is 5.06. The Bertz CT molecular complexity index is 847. The van der Waals surface area contributed by atoms with Crippen LogP contribution in [0.5, 0.6) is 0 Å². The average Bonchev–Trinajstić information content (AvgIpc) is 3.12. The number of piperidine rings is 1. The van der Waals surface area contributed by atoms with Crippen LogP contribution in [0.1, 0.15) is 35.4 Å². The van der Waals surface area contributed by atoms with Crippen molar-refractivity contribution in [2.24, 2.45) is 0 Å². The van der Waals surface area contributed by atoms with Crippen LogP contribution in [-0.4, -0.2) is 54.2 Å². The first-order chi connectivity index (χ1) is 13.5. The molecule has 2 aromatic rings. The van der Waals surface area contributed by atoms with Crippen LogP contribution in [0.15, 0.2) is 42.5 Å². The molecule has 1 aromatic carbocycles. The number of nitrogens with zero attached hydrogens (tertiary/aromatic N) is 3. The fraction of sp³-hybridized carbons (Fsp3) is 0.455. The van der Waals surface area contributed by atoms with Gasteiger partial charge in [0.05, 0.1) is 18.2 Å². The van der Waals surface area contributed by atoms with E-state index in [0.717, 1.165) is 30.6 Å². The number of rotatable bonds is 3. The Morgan fingerprint density at radius 3 is 2.61 bits per heavy atom. The molecule has 4 rings (SSSR count). The first-order valence-electron chi connectivity index (χ1n) is 9.81. The number of hydrogen-bond acceptors (Lipinski definition) is 4. The van der Waals surface area contributed by atoms with Gasteiger partial charge in [-0.15, -0.1) is 0 Å². The Morgan fingerprint density at radius 1 is 1.21 bits per heavy atom. The smallest absolute Gasteiger partial charge is 0.272 e. The summed E-state index contributed by atoms with van der Waals surface area (Å²) in [6, 6.07) is 12.4. The number of amides is 1. The van der Waals surface area contributed by atoms with Crippen molar-refractivity contribution in [1.29, 1.82) is 0 Å². The zero-order valence-electron chi connectivity index (χ0n) is 16.4. The van der Waals surface area contributed by atoms with E-state index in [0.29, 0.717) is 25.4 Å². The lowest BCUT2D eigenvalue weighted by Crippen LogP contribution is -2.47. The molecule has 0 N–H and O–H groups in total. The summed E-state index contributed by atoms with van der Waals surface area (Å²) in [5.41, 5.74) is 2.18. The molecule has 1 aromatic heterocycles. The monoisotopic (exact) mass is 383 g/mol. The molecule has 3 heterocycles. The van der Waals surface area contributed by atoms with E-state index in [2.05, 4.69) is 9.88 Å². The standard InChI is InChI=1S/C22H26FN3O2/c1-16-4-3-5-20(24-16)21(27)26-12-10-22(11-13-26)14-19(15-28-22)25(2)18-8-6-17(23)7-9-18/h3-9,19H,10-15H2,1-2H3. The van der Waals surface area contributed by atoms with Gasteiger partial charge in [0.2, 0.25) is 0 Å². The maximum absolute atomic E-state index is 13.2. The van der Waals surface area contributed by atoms with Gasteiger partial charge in [-0.25, -0.2) is 9.37 Å². The third-order valence-electron chi connectivity index (χ3n) is 6.04. The number of pyridine rings is 1. The van der Waals surface area contributed by atoms with E-state index in [4.69, 9.17) is 4.74 Å². The molecule has 1 spiro atoms. The van der Waals surface area contributed by atoms with Crippen molar-refractivity contribution >= 4 is 11.6 Å². The number of anilines is 1. The average molecular weight is 383 g/mol. The second kappa shape index (κ2) is 7.51. The van der Waals surface area contributed by atoms with Gasteiger partial charge < -0.3 is 14.5 Å². The molecule has 148 valence electrons.